The lowest BCUT2D eigenvalue weighted by atomic mass is 10.2. The molecule has 4 rings (SSSR count). The van der Waals surface area contributed by atoms with Gasteiger partial charge in [0.1, 0.15) is 11.6 Å². The highest BCUT2D eigenvalue weighted by atomic mass is 79.9. The Labute approximate surface area is 148 Å². The van der Waals surface area contributed by atoms with Gasteiger partial charge in [0.15, 0.2) is 5.65 Å². The Balaban J connectivity index is 1.99. The van der Waals surface area contributed by atoms with E-state index < -0.39 is 17.3 Å². The van der Waals surface area contributed by atoms with Gasteiger partial charge < -0.3 is 4.98 Å². The first-order valence-corrected chi connectivity index (χ1v) is 8.21. The van der Waals surface area contributed by atoms with Gasteiger partial charge in [-0.25, -0.2) is 23.5 Å². The quantitative estimate of drug-likeness (QED) is 0.554. The molecule has 0 bridgehead atoms. The zero-order chi connectivity index (χ0) is 17.7. The van der Waals surface area contributed by atoms with Gasteiger partial charge in [-0.05, 0) is 31.2 Å². The van der Waals surface area contributed by atoms with Gasteiger partial charge in [-0.1, -0.05) is 15.9 Å². The second-order valence-electron chi connectivity index (χ2n) is 5.71. The SMILES string of the molecule is Cc1ccc2c(ncc3[nH]c(=O)n(Cc4c(F)cc(Br)cc4F)c32)n1. The predicted molar refractivity (Wildman–Crippen MR) is 93.6 cm³/mol. The molecule has 1 aromatic carbocycles. The molecule has 8 heteroatoms. The number of rotatable bonds is 2. The van der Waals surface area contributed by atoms with E-state index in [2.05, 4.69) is 30.9 Å². The lowest BCUT2D eigenvalue weighted by Gasteiger charge is -2.09. The number of hydrogen-bond donors (Lipinski definition) is 1. The molecule has 0 fully saturated rings. The van der Waals surface area contributed by atoms with Crippen molar-refractivity contribution in [1.29, 1.82) is 0 Å². The molecule has 3 aromatic heterocycles. The van der Waals surface area contributed by atoms with Crippen LogP contribution in [0.3, 0.4) is 0 Å². The Hall–Kier alpha value is -2.61. The fourth-order valence-electron chi connectivity index (χ4n) is 2.86. The molecule has 126 valence electrons. The van der Waals surface area contributed by atoms with Crippen LogP contribution in [0.15, 0.2) is 39.7 Å². The summed E-state index contributed by atoms with van der Waals surface area (Å²) >= 11 is 3.05. The first-order chi connectivity index (χ1) is 11.9. The van der Waals surface area contributed by atoms with E-state index in [-0.39, 0.29) is 12.1 Å². The maximum absolute atomic E-state index is 14.2. The summed E-state index contributed by atoms with van der Waals surface area (Å²) in [6.45, 7) is 1.60. The summed E-state index contributed by atoms with van der Waals surface area (Å²) in [5, 5.41) is 0.638. The third kappa shape index (κ3) is 2.62. The Morgan fingerprint density at radius 2 is 1.96 bits per heavy atom. The molecule has 0 saturated carbocycles. The molecular weight excluding hydrogens is 394 g/mol. The van der Waals surface area contributed by atoms with Gasteiger partial charge in [-0.2, -0.15) is 0 Å². The van der Waals surface area contributed by atoms with E-state index in [1.54, 1.807) is 12.1 Å². The number of hydrogen-bond acceptors (Lipinski definition) is 3. The lowest BCUT2D eigenvalue weighted by molar-refractivity contribution is 0.543. The highest BCUT2D eigenvalue weighted by molar-refractivity contribution is 9.10. The molecule has 3 heterocycles. The van der Waals surface area contributed by atoms with Crippen molar-refractivity contribution in [2.24, 2.45) is 0 Å². The summed E-state index contributed by atoms with van der Waals surface area (Å²) in [4.78, 5) is 23.6. The van der Waals surface area contributed by atoms with Gasteiger partial charge in [0, 0.05) is 21.1 Å². The summed E-state index contributed by atoms with van der Waals surface area (Å²) in [6, 6.07) is 5.93. The molecule has 0 amide bonds. The van der Waals surface area contributed by atoms with Gasteiger partial charge in [0.25, 0.3) is 0 Å². The molecular formula is C17H11BrF2N4O. The Morgan fingerprint density at radius 3 is 2.68 bits per heavy atom. The van der Waals surface area contributed by atoms with Gasteiger partial charge in [-0.3, -0.25) is 4.57 Å². The Kier molecular flexibility index (Phi) is 3.64. The van der Waals surface area contributed by atoms with Crippen LogP contribution >= 0.6 is 15.9 Å². The van der Waals surface area contributed by atoms with Crippen LogP contribution in [0.1, 0.15) is 11.3 Å². The predicted octanol–water partition coefficient (Wildman–Crippen LogP) is 3.67. The van der Waals surface area contributed by atoms with Crippen LogP contribution in [0, 0.1) is 18.6 Å². The van der Waals surface area contributed by atoms with E-state index >= 15 is 0 Å². The minimum atomic E-state index is -0.722. The van der Waals surface area contributed by atoms with Crippen molar-refractivity contribution >= 4 is 38.0 Å². The van der Waals surface area contributed by atoms with E-state index in [0.717, 1.165) is 5.69 Å². The van der Waals surface area contributed by atoms with Crippen molar-refractivity contribution in [3.8, 4) is 0 Å². The maximum Gasteiger partial charge on any atom is 0.326 e. The Bertz CT molecular complexity index is 1180. The number of H-pyrrole nitrogens is 1. The van der Waals surface area contributed by atoms with Crippen molar-refractivity contribution < 1.29 is 8.78 Å². The van der Waals surface area contributed by atoms with Crippen molar-refractivity contribution in [3.05, 3.63) is 68.3 Å². The second-order valence-corrected chi connectivity index (χ2v) is 6.62. The number of aromatic amines is 1. The lowest BCUT2D eigenvalue weighted by Crippen LogP contribution is -2.19. The van der Waals surface area contributed by atoms with Crippen LogP contribution in [-0.4, -0.2) is 19.5 Å². The molecule has 0 saturated heterocycles. The molecule has 0 atom stereocenters. The van der Waals surface area contributed by atoms with Gasteiger partial charge >= 0.3 is 5.69 Å². The smallest absolute Gasteiger partial charge is 0.304 e. The molecule has 25 heavy (non-hydrogen) atoms. The number of imidazole rings is 1. The highest BCUT2D eigenvalue weighted by Crippen LogP contribution is 2.24. The summed E-state index contributed by atoms with van der Waals surface area (Å²) < 4.78 is 30.0. The van der Waals surface area contributed by atoms with Crippen LogP contribution < -0.4 is 5.69 Å². The average molecular weight is 405 g/mol. The molecule has 4 aromatic rings. The fraction of sp³-hybridized carbons (Fsp3) is 0.118. The number of nitrogens with one attached hydrogen (secondary N) is 1. The van der Waals surface area contributed by atoms with Gasteiger partial charge in [-0.15, -0.1) is 0 Å². The number of pyridine rings is 2. The molecule has 0 spiro atoms. The molecule has 0 aliphatic carbocycles. The maximum atomic E-state index is 14.2. The topological polar surface area (TPSA) is 63.6 Å². The molecule has 1 N–H and O–H groups in total. The Morgan fingerprint density at radius 1 is 1.24 bits per heavy atom. The summed E-state index contributed by atoms with van der Waals surface area (Å²) in [7, 11) is 0. The third-order valence-corrected chi connectivity index (χ3v) is 4.48. The minimum absolute atomic E-state index is 0.184. The van der Waals surface area contributed by atoms with Crippen LogP contribution in [0.4, 0.5) is 8.78 Å². The van der Waals surface area contributed by atoms with Gasteiger partial charge in [0.2, 0.25) is 0 Å². The molecule has 5 nitrogen and oxygen atoms in total. The van der Waals surface area contributed by atoms with Crippen molar-refractivity contribution in [2.75, 3.05) is 0 Å². The minimum Gasteiger partial charge on any atom is -0.304 e. The van der Waals surface area contributed by atoms with Crippen molar-refractivity contribution in [3.63, 3.8) is 0 Å². The number of benzene rings is 1. The molecule has 0 unspecified atom stereocenters. The number of aryl methyl sites for hydroxylation is 1. The largest absolute Gasteiger partial charge is 0.326 e. The van der Waals surface area contributed by atoms with Crippen molar-refractivity contribution in [2.45, 2.75) is 13.5 Å². The summed E-state index contributed by atoms with van der Waals surface area (Å²) in [6.07, 6.45) is 1.50. The van der Waals surface area contributed by atoms with Crippen molar-refractivity contribution in [1.82, 2.24) is 19.5 Å². The summed E-state index contributed by atoms with van der Waals surface area (Å²) in [5.74, 6) is -1.44. The fourth-order valence-corrected chi connectivity index (χ4v) is 3.26. The van der Waals surface area contributed by atoms with E-state index in [9.17, 15) is 13.6 Å². The third-order valence-electron chi connectivity index (χ3n) is 4.02. The average Bonchev–Trinajstić information content (AvgIpc) is 2.86. The number of nitrogens with zero attached hydrogens (tertiary/aromatic N) is 3. The van der Waals surface area contributed by atoms with Crippen LogP contribution in [0.5, 0.6) is 0 Å². The van der Waals surface area contributed by atoms with Gasteiger partial charge in [0.05, 0.1) is 23.8 Å². The molecule has 0 aliphatic rings. The molecule has 0 radical (unpaired) electrons. The standard InChI is InChI=1S/C17H11BrF2N4O/c1-8-2-3-10-15-14(6-21-16(10)22-8)23-17(25)24(15)7-11-12(19)4-9(18)5-13(11)20/h2-6H,7H2,1H3,(H,23,25). The van der Waals surface area contributed by atoms with Crippen LogP contribution in [-0.2, 0) is 6.54 Å². The normalized spacial score (nSPS) is 11.5. The summed E-state index contributed by atoms with van der Waals surface area (Å²) in [5.41, 5.74) is 1.61. The van der Waals surface area contributed by atoms with E-state index in [4.69, 9.17) is 0 Å². The number of aromatic nitrogens is 4. The van der Waals surface area contributed by atoms with E-state index in [1.807, 2.05) is 6.92 Å². The van der Waals surface area contributed by atoms with Crippen LogP contribution in [0.2, 0.25) is 0 Å². The van der Waals surface area contributed by atoms with Crippen LogP contribution in [0.25, 0.3) is 22.1 Å². The monoisotopic (exact) mass is 404 g/mol. The second kappa shape index (κ2) is 5.73. The highest BCUT2D eigenvalue weighted by Gasteiger charge is 2.17. The first kappa shape index (κ1) is 15.9. The first-order valence-electron chi connectivity index (χ1n) is 7.42. The number of fused-ring (bicyclic) bond motifs is 3. The molecule has 0 aliphatic heterocycles. The van der Waals surface area contributed by atoms with E-state index in [0.29, 0.717) is 26.5 Å². The zero-order valence-corrected chi connectivity index (χ0v) is 14.6. The number of halogens is 3. The zero-order valence-electron chi connectivity index (χ0n) is 13.0. The van der Waals surface area contributed by atoms with E-state index in [1.165, 1.54) is 22.9 Å².